The van der Waals surface area contributed by atoms with E-state index in [1.165, 1.54) is 11.1 Å². The van der Waals surface area contributed by atoms with Crippen LogP contribution in [0.2, 0.25) is 0 Å². The molecule has 0 aromatic heterocycles. The van der Waals surface area contributed by atoms with Gasteiger partial charge in [-0.1, -0.05) is 72.5 Å². The average Bonchev–Trinajstić information content (AvgIpc) is 2.79. The Bertz CT molecular complexity index is 817. The van der Waals surface area contributed by atoms with Crippen molar-refractivity contribution in [2.45, 2.75) is 38.8 Å². The highest BCUT2D eigenvalue weighted by Gasteiger charge is 2.08. The first-order valence-corrected chi connectivity index (χ1v) is 9.44. The largest absolute Gasteiger partial charge is 0.292 e. The molecular weight excluding hydrogens is 376 g/mol. The molecule has 0 bridgehead atoms. The third kappa shape index (κ3) is 11.4. The summed E-state index contributed by atoms with van der Waals surface area (Å²) in [5, 5.41) is 0. The second-order valence-corrected chi connectivity index (χ2v) is 6.81. The molecule has 2 nitrogen and oxygen atoms in total. The van der Waals surface area contributed by atoms with Crippen LogP contribution in [0.25, 0.3) is 0 Å². The molecule has 0 fully saturated rings. The quantitative estimate of drug-likeness (QED) is 0.573. The van der Waals surface area contributed by atoms with E-state index in [0.29, 0.717) is 0 Å². The van der Waals surface area contributed by atoms with Gasteiger partial charge in [-0.25, -0.2) is 0 Å². The maximum absolute atomic E-state index is 7.63. The minimum absolute atomic E-state index is 0. The average molecular weight is 415 g/mol. The summed E-state index contributed by atoms with van der Waals surface area (Å²) in [5.74, 6) is 4.33. The Morgan fingerprint density at radius 2 is 1.07 bits per heavy atom. The lowest BCUT2D eigenvalue weighted by Gasteiger charge is -2.22. The van der Waals surface area contributed by atoms with Crippen LogP contribution >= 0.6 is 12.4 Å². The second-order valence-electron chi connectivity index (χ2n) is 6.81. The molecule has 0 radical (unpaired) electrons. The van der Waals surface area contributed by atoms with Gasteiger partial charge >= 0.3 is 0 Å². The summed E-state index contributed by atoms with van der Waals surface area (Å²) in [6, 6.07) is 20.2. The number of halogens is 1. The van der Waals surface area contributed by atoms with Gasteiger partial charge in [0.1, 0.15) is 0 Å². The molecule has 0 spiro atoms. The minimum Gasteiger partial charge on any atom is -0.292 e. The van der Waals surface area contributed by atoms with Gasteiger partial charge in [-0.15, -0.1) is 25.3 Å². The van der Waals surface area contributed by atoms with Crippen LogP contribution in [0.5, 0.6) is 0 Å². The maximum Gasteiger partial charge on any atom is 0.0598 e. The highest BCUT2D eigenvalue weighted by Crippen LogP contribution is 2.07. The van der Waals surface area contributed by atoms with Gasteiger partial charge in [-0.05, 0) is 51.9 Å². The Kier molecular flexibility index (Phi) is 10.8. The van der Waals surface area contributed by atoms with Gasteiger partial charge < -0.3 is 0 Å². The monoisotopic (exact) mass is 414 g/mol. The fourth-order valence-corrected chi connectivity index (χ4v) is 2.61. The van der Waals surface area contributed by atoms with E-state index in [2.05, 4.69) is 11.8 Å². The van der Waals surface area contributed by atoms with Crippen molar-refractivity contribution in [1.29, 1.82) is 0 Å². The molecule has 0 aliphatic carbocycles. The molecule has 0 saturated carbocycles. The molecule has 0 saturated heterocycles. The van der Waals surface area contributed by atoms with Gasteiger partial charge in [0.05, 0.1) is 18.5 Å². The van der Waals surface area contributed by atoms with Crippen LogP contribution in [0.15, 0.2) is 60.7 Å². The molecule has 0 heterocycles. The summed E-state index contributed by atoms with van der Waals surface area (Å²) in [5.41, 5.74) is 2.38. The summed E-state index contributed by atoms with van der Waals surface area (Å²) < 4.78 is 30.5. The zero-order valence-corrected chi connectivity index (χ0v) is 18.6. The van der Waals surface area contributed by atoms with E-state index >= 15 is 0 Å². The van der Waals surface area contributed by atoms with Gasteiger partial charge in [-0.2, -0.15) is 0 Å². The molecule has 2 aromatic rings. The van der Waals surface area contributed by atoms with Crippen molar-refractivity contribution in [2.24, 2.45) is 0 Å². The van der Waals surface area contributed by atoms with E-state index < -0.39 is 13.0 Å². The Balaban J connectivity index is 0.000000602. The normalized spacial score (nSPS) is 15.0. The van der Waals surface area contributed by atoms with Crippen LogP contribution in [0.4, 0.5) is 0 Å². The predicted molar refractivity (Wildman–Crippen MR) is 129 cm³/mol. The number of nitrogens with zero attached hydrogens (tertiary/aromatic N) is 2. The van der Waals surface area contributed by atoms with Crippen LogP contribution in [0.1, 0.15) is 30.5 Å². The van der Waals surface area contributed by atoms with Crippen molar-refractivity contribution in [3.8, 4) is 24.7 Å². The smallest absolute Gasteiger partial charge is 0.0598 e. The summed E-state index contributed by atoms with van der Waals surface area (Å²) >= 11 is 0. The van der Waals surface area contributed by atoms with E-state index in [-0.39, 0.29) is 24.5 Å². The van der Waals surface area contributed by atoms with Crippen molar-refractivity contribution < 1.29 is 5.48 Å². The lowest BCUT2D eigenvalue weighted by Crippen LogP contribution is -2.31. The van der Waals surface area contributed by atoms with E-state index in [9.17, 15) is 0 Å². The molecule has 0 aliphatic heterocycles. The van der Waals surface area contributed by atoms with Crippen molar-refractivity contribution in [2.75, 3.05) is 27.1 Å². The Labute approximate surface area is 190 Å². The van der Waals surface area contributed by atoms with E-state index in [1.807, 2.05) is 74.5 Å². The molecule has 156 valence electrons. The zero-order chi connectivity index (χ0) is 24.4. The number of benzene rings is 2. The van der Waals surface area contributed by atoms with Crippen LogP contribution in [0.3, 0.4) is 0 Å². The van der Waals surface area contributed by atoms with Crippen LogP contribution < -0.4 is 0 Å². The van der Waals surface area contributed by atoms with Gasteiger partial charge in [0, 0.05) is 12.1 Å². The van der Waals surface area contributed by atoms with Crippen molar-refractivity contribution in [1.82, 2.24) is 9.80 Å². The van der Waals surface area contributed by atoms with Gasteiger partial charge in [0.25, 0.3) is 0 Å². The molecular formula is C26H35ClN2. The molecule has 0 amide bonds. The Morgan fingerprint density at radius 1 is 0.759 bits per heavy atom. The summed E-state index contributed by atoms with van der Waals surface area (Å²) in [6.45, 7) is 0.576. The van der Waals surface area contributed by atoms with Crippen molar-refractivity contribution >= 4 is 12.4 Å². The standard InChI is InChI=1S/2C13H17N.ClH/c2*1-4-10-14(3)12(2)11-13-8-6-5-7-9-13;/h2*1,5-9,12H,10-11H2,2-3H3;1H/t2*12-;/m11./s1/i2*10D2;. The molecule has 3 heteroatoms. The van der Waals surface area contributed by atoms with E-state index in [4.69, 9.17) is 18.3 Å². The van der Waals surface area contributed by atoms with Crippen LogP contribution in [-0.4, -0.2) is 49.0 Å². The molecule has 2 rings (SSSR count). The Morgan fingerprint density at radius 3 is 1.34 bits per heavy atom. The van der Waals surface area contributed by atoms with E-state index in [0.717, 1.165) is 12.8 Å². The number of rotatable bonds is 8. The zero-order valence-electron chi connectivity index (χ0n) is 21.8. The molecule has 2 aromatic carbocycles. The predicted octanol–water partition coefficient (Wildman–Crippen LogP) is 4.79. The topological polar surface area (TPSA) is 6.48 Å². The first-order valence-electron chi connectivity index (χ1n) is 11.4. The summed E-state index contributed by atoms with van der Waals surface area (Å²) in [4.78, 5) is 3.17. The Hall–Kier alpha value is -2.23. The molecule has 0 N–H and O–H groups in total. The van der Waals surface area contributed by atoms with Crippen molar-refractivity contribution in [3.05, 3.63) is 71.8 Å². The molecule has 2 atom stereocenters. The minimum atomic E-state index is -1.69. The second kappa shape index (κ2) is 15.7. The SMILES string of the molecule is Cl.[2H]C([2H])(C#C)N(C)[C@H](C)Cc1ccccc1.[2H]C([2H])(C#C)N(C)[C@H](C)Cc1ccccc1. The lowest BCUT2D eigenvalue weighted by molar-refractivity contribution is 0.287. The molecule has 0 aliphatic rings. The first kappa shape index (κ1) is 20.1. The first-order chi connectivity index (χ1) is 14.9. The number of likely N-dealkylation sites (N-methyl/N-ethyl adjacent to an activating group) is 2. The fourth-order valence-electron chi connectivity index (χ4n) is 2.61. The lowest BCUT2D eigenvalue weighted by atomic mass is 10.1. The van der Waals surface area contributed by atoms with E-state index in [1.54, 1.807) is 23.9 Å². The fraction of sp³-hybridized carbons (Fsp3) is 0.385. The summed E-state index contributed by atoms with van der Waals surface area (Å²) in [7, 11) is 3.43. The summed E-state index contributed by atoms with van der Waals surface area (Å²) in [6.07, 6.45) is 11.9. The third-order valence-corrected chi connectivity index (χ3v) is 4.55. The van der Waals surface area contributed by atoms with Gasteiger partial charge in [0.15, 0.2) is 0 Å². The van der Waals surface area contributed by atoms with Crippen LogP contribution in [0, 0.1) is 24.7 Å². The number of hydrogen-bond acceptors (Lipinski definition) is 2. The highest BCUT2D eigenvalue weighted by atomic mass is 35.5. The maximum atomic E-state index is 7.63. The third-order valence-electron chi connectivity index (χ3n) is 4.55. The highest BCUT2D eigenvalue weighted by molar-refractivity contribution is 5.85. The van der Waals surface area contributed by atoms with Gasteiger partial charge in [0.2, 0.25) is 0 Å². The number of terminal acetylenes is 2. The van der Waals surface area contributed by atoms with Crippen molar-refractivity contribution in [3.63, 3.8) is 0 Å². The van der Waals surface area contributed by atoms with Crippen LogP contribution in [-0.2, 0) is 12.8 Å². The number of hydrogen-bond donors (Lipinski definition) is 0. The molecule has 29 heavy (non-hydrogen) atoms. The van der Waals surface area contributed by atoms with Gasteiger partial charge in [-0.3, -0.25) is 9.80 Å². The molecule has 0 unspecified atom stereocenters.